The third-order valence-electron chi connectivity index (χ3n) is 3.88. The molecule has 0 saturated carbocycles. The molecule has 1 fully saturated rings. The molecule has 2 aliphatic heterocycles. The third kappa shape index (κ3) is 1.47. The summed E-state index contributed by atoms with van der Waals surface area (Å²) < 4.78 is 0. The predicted molar refractivity (Wildman–Crippen MR) is 65.6 cm³/mol. The maximum Gasteiger partial charge on any atom is 0.407 e. The molecule has 2 unspecified atom stereocenters. The van der Waals surface area contributed by atoms with Gasteiger partial charge in [0.05, 0.1) is 5.92 Å². The molecule has 0 radical (unpaired) electrons. The smallest absolute Gasteiger partial charge is 0.407 e. The average molecular weight is 246 g/mol. The fourth-order valence-electron chi connectivity index (χ4n) is 2.93. The van der Waals surface area contributed by atoms with E-state index in [1.54, 1.807) is 0 Å². The van der Waals surface area contributed by atoms with Crippen molar-refractivity contribution in [3.05, 3.63) is 29.3 Å². The second-order valence-electron chi connectivity index (χ2n) is 4.93. The zero-order valence-electron chi connectivity index (χ0n) is 10.0. The zero-order chi connectivity index (χ0) is 12.9. The maximum atomic E-state index is 12.0. The molecule has 2 N–H and O–H groups in total. The fraction of sp³-hybridized carbons (Fsp3) is 0.385. The largest absolute Gasteiger partial charge is 0.465 e. The van der Waals surface area contributed by atoms with Gasteiger partial charge in [-0.25, -0.2) is 4.79 Å². The molecule has 5 heteroatoms. The molecule has 0 spiro atoms. The Kier molecular flexibility index (Phi) is 2.29. The number of amides is 2. The number of anilines is 1. The van der Waals surface area contributed by atoms with Crippen LogP contribution >= 0.6 is 0 Å². The Labute approximate surface area is 104 Å². The van der Waals surface area contributed by atoms with Crippen molar-refractivity contribution in [1.82, 2.24) is 4.90 Å². The van der Waals surface area contributed by atoms with Crippen LogP contribution < -0.4 is 5.32 Å². The topological polar surface area (TPSA) is 69.6 Å². The van der Waals surface area contributed by atoms with Crippen LogP contribution in [0.4, 0.5) is 10.5 Å². The Hall–Kier alpha value is -2.04. The number of aryl methyl sites for hydroxylation is 1. The summed E-state index contributed by atoms with van der Waals surface area (Å²) in [5.74, 6) is -0.328. The van der Waals surface area contributed by atoms with Crippen LogP contribution in [0.25, 0.3) is 0 Å². The number of nitrogens with one attached hydrogen (secondary N) is 1. The summed E-state index contributed by atoms with van der Waals surface area (Å²) in [5.41, 5.74) is 2.94. The van der Waals surface area contributed by atoms with Crippen molar-refractivity contribution >= 4 is 17.7 Å². The van der Waals surface area contributed by atoms with Gasteiger partial charge in [0, 0.05) is 24.7 Å². The van der Waals surface area contributed by atoms with Crippen LogP contribution in [0.5, 0.6) is 0 Å². The van der Waals surface area contributed by atoms with Gasteiger partial charge in [0.15, 0.2) is 0 Å². The molecule has 2 amide bonds. The van der Waals surface area contributed by atoms with Gasteiger partial charge >= 0.3 is 6.09 Å². The summed E-state index contributed by atoms with van der Waals surface area (Å²) in [6.07, 6.45) is -0.952. The third-order valence-corrected chi connectivity index (χ3v) is 3.88. The van der Waals surface area contributed by atoms with Gasteiger partial charge in [-0.05, 0) is 18.1 Å². The maximum absolute atomic E-state index is 12.0. The molecule has 18 heavy (non-hydrogen) atoms. The molecule has 94 valence electrons. The lowest BCUT2D eigenvalue weighted by molar-refractivity contribution is -0.120. The summed E-state index contributed by atoms with van der Waals surface area (Å²) in [4.78, 5) is 24.4. The van der Waals surface area contributed by atoms with Gasteiger partial charge in [0.2, 0.25) is 5.91 Å². The van der Waals surface area contributed by atoms with E-state index in [1.165, 1.54) is 4.90 Å². The summed E-state index contributed by atoms with van der Waals surface area (Å²) in [6.45, 7) is 2.65. The SMILES string of the molecule is Cc1cccc2c1NC(=O)C1CN(C(=O)O)CC21. The first-order valence-electron chi connectivity index (χ1n) is 5.96. The summed E-state index contributed by atoms with van der Waals surface area (Å²) in [5, 5.41) is 11.9. The molecular formula is C13H14N2O3. The highest BCUT2D eigenvalue weighted by Crippen LogP contribution is 2.41. The minimum atomic E-state index is -0.952. The van der Waals surface area contributed by atoms with Gasteiger partial charge in [-0.3, -0.25) is 4.79 Å². The number of nitrogens with zero attached hydrogens (tertiary/aromatic N) is 1. The van der Waals surface area contributed by atoms with Crippen molar-refractivity contribution in [1.29, 1.82) is 0 Å². The number of rotatable bonds is 0. The molecule has 2 atom stereocenters. The van der Waals surface area contributed by atoms with Crippen LogP contribution in [0.1, 0.15) is 17.0 Å². The fourth-order valence-corrected chi connectivity index (χ4v) is 2.93. The van der Waals surface area contributed by atoms with Crippen LogP contribution in [-0.4, -0.2) is 35.1 Å². The monoisotopic (exact) mass is 246 g/mol. The first-order chi connectivity index (χ1) is 8.58. The Balaban J connectivity index is 2.04. The van der Waals surface area contributed by atoms with Crippen molar-refractivity contribution in [2.45, 2.75) is 12.8 Å². The highest BCUT2D eigenvalue weighted by atomic mass is 16.4. The van der Waals surface area contributed by atoms with Crippen LogP contribution in [0.2, 0.25) is 0 Å². The highest BCUT2D eigenvalue weighted by Gasteiger charge is 2.44. The lowest BCUT2D eigenvalue weighted by Gasteiger charge is -2.28. The van der Waals surface area contributed by atoms with Gasteiger partial charge in [0.25, 0.3) is 0 Å². The first-order valence-corrected chi connectivity index (χ1v) is 5.96. The molecule has 1 aromatic carbocycles. The summed E-state index contributed by atoms with van der Waals surface area (Å²) >= 11 is 0. The number of fused-ring (bicyclic) bond motifs is 3. The van der Waals surface area contributed by atoms with E-state index < -0.39 is 6.09 Å². The van der Waals surface area contributed by atoms with Gasteiger partial charge < -0.3 is 15.3 Å². The number of para-hydroxylation sites is 1. The van der Waals surface area contributed by atoms with Gasteiger partial charge in [0.1, 0.15) is 0 Å². The predicted octanol–water partition coefficient (Wildman–Crippen LogP) is 1.64. The van der Waals surface area contributed by atoms with Crippen molar-refractivity contribution in [3.63, 3.8) is 0 Å². The van der Waals surface area contributed by atoms with E-state index in [-0.39, 0.29) is 17.7 Å². The number of carbonyl (C=O) groups excluding carboxylic acids is 1. The molecule has 2 heterocycles. The molecule has 2 aliphatic rings. The number of benzene rings is 1. The van der Waals surface area contributed by atoms with Crippen LogP contribution in [-0.2, 0) is 4.79 Å². The molecular weight excluding hydrogens is 232 g/mol. The lowest BCUT2D eigenvalue weighted by Crippen LogP contribution is -2.33. The van der Waals surface area contributed by atoms with Crippen molar-refractivity contribution in [3.8, 4) is 0 Å². The Morgan fingerprint density at radius 3 is 2.83 bits per heavy atom. The number of carboxylic acid groups (broad SMARTS) is 1. The molecule has 1 aromatic rings. The molecule has 0 bridgehead atoms. The van der Waals surface area contributed by atoms with Crippen LogP contribution in [0, 0.1) is 12.8 Å². The Bertz CT molecular complexity index is 541. The number of hydrogen-bond donors (Lipinski definition) is 2. The van der Waals surface area contributed by atoms with Crippen molar-refractivity contribution in [2.75, 3.05) is 18.4 Å². The number of likely N-dealkylation sites (tertiary alicyclic amines) is 1. The number of carbonyl (C=O) groups is 2. The first kappa shape index (κ1) is 11.1. The zero-order valence-corrected chi connectivity index (χ0v) is 10.0. The molecule has 1 saturated heterocycles. The van der Waals surface area contributed by atoms with E-state index in [4.69, 9.17) is 5.11 Å². The van der Waals surface area contributed by atoms with E-state index in [9.17, 15) is 9.59 Å². The van der Waals surface area contributed by atoms with E-state index >= 15 is 0 Å². The van der Waals surface area contributed by atoms with E-state index in [1.807, 2.05) is 25.1 Å². The minimum absolute atomic E-state index is 0.00949. The number of hydrogen-bond acceptors (Lipinski definition) is 2. The molecule has 5 nitrogen and oxygen atoms in total. The highest BCUT2D eigenvalue weighted by molar-refractivity contribution is 5.98. The lowest BCUT2D eigenvalue weighted by atomic mass is 9.83. The van der Waals surface area contributed by atoms with Crippen molar-refractivity contribution < 1.29 is 14.7 Å². The van der Waals surface area contributed by atoms with Crippen LogP contribution in [0.3, 0.4) is 0 Å². The quantitative estimate of drug-likeness (QED) is 0.731. The van der Waals surface area contributed by atoms with Gasteiger partial charge in [-0.1, -0.05) is 18.2 Å². The van der Waals surface area contributed by atoms with E-state index in [0.717, 1.165) is 16.8 Å². The Morgan fingerprint density at radius 2 is 2.11 bits per heavy atom. The van der Waals surface area contributed by atoms with Crippen molar-refractivity contribution in [2.24, 2.45) is 5.92 Å². The van der Waals surface area contributed by atoms with E-state index in [0.29, 0.717) is 13.1 Å². The standard InChI is InChI=1S/C13H14N2O3/c1-7-3-2-4-8-9-5-15(13(17)18)6-10(9)12(16)14-11(7)8/h2-4,9-10H,5-6H2,1H3,(H,14,16)(H,17,18). The summed E-state index contributed by atoms with van der Waals surface area (Å²) in [7, 11) is 0. The molecule has 0 aliphatic carbocycles. The normalized spacial score (nSPS) is 25.4. The minimum Gasteiger partial charge on any atom is -0.465 e. The van der Waals surface area contributed by atoms with Crippen LogP contribution in [0.15, 0.2) is 18.2 Å². The second-order valence-corrected chi connectivity index (χ2v) is 4.93. The molecule has 3 rings (SSSR count). The van der Waals surface area contributed by atoms with E-state index in [2.05, 4.69) is 5.32 Å². The Morgan fingerprint density at radius 1 is 1.39 bits per heavy atom. The second kappa shape index (κ2) is 3.73. The summed E-state index contributed by atoms with van der Waals surface area (Å²) in [6, 6.07) is 5.88. The van der Waals surface area contributed by atoms with Gasteiger partial charge in [-0.15, -0.1) is 0 Å². The molecule has 0 aromatic heterocycles. The average Bonchev–Trinajstić information content (AvgIpc) is 2.77. The van der Waals surface area contributed by atoms with Gasteiger partial charge in [-0.2, -0.15) is 0 Å².